The summed E-state index contributed by atoms with van der Waals surface area (Å²) < 4.78 is 0. The highest BCUT2D eigenvalue weighted by molar-refractivity contribution is 5.76. The molecule has 134 valence electrons. The van der Waals surface area contributed by atoms with Gasteiger partial charge in [0.05, 0.1) is 0 Å². The second-order valence-corrected chi connectivity index (χ2v) is 7.71. The van der Waals surface area contributed by atoms with E-state index < -0.39 is 0 Å². The van der Waals surface area contributed by atoms with Crippen LogP contribution >= 0.6 is 0 Å². The third-order valence-corrected chi connectivity index (χ3v) is 5.83. The molecule has 2 atom stereocenters. The molecule has 4 heteroatoms. The fraction of sp³-hybridized carbons (Fsp3) is 0.947. The number of piperidine rings is 2. The van der Waals surface area contributed by atoms with Crippen molar-refractivity contribution < 1.29 is 4.79 Å². The first-order chi connectivity index (χ1) is 11.2. The summed E-state index contributed by atoms with van der Waals surface area (Å²) in [7, 11) is 0. The summed E-state index contributed by atoms with van der Waals surface area (Å²) in [5, 5.41) is 6.53. The van der Waals surface area contributed by atoms with Gasteiger partial charge in [0.15, 0.2) is 0 Å². The molecule has 0 bridgehead atoms. The summed E-state index contributed by atoms with van der Waals surface area (Å²) in [6.07, 6.45) is 9.56. The van der Waals surface area contributed by atoms with Crippen molar-refractivity contribution in [1.29, 1.82) is 0 Å². The summed E-state index contributed by atoms with van der Waals surface area (Å²) >= 11 is 0. The van der Waals surface area contributed by atoms with Crippen LogP contribution in [-0.2, 0) is 4.79 Å². The standard InChI is InChI=1S/C19H37N3O/c1-16(18-8-11-20-12-9-18)15-19(23)21-10-4-6-14-22-13-5-3-7-17(22)2/h16-18,20H,3-15H2,1-2H3,(H,21,23). The molecule has 23 heavy (non-hydrogen) atoms. The van der Waals surface area contributed by atoms with E-state index in [0.29, 0.717) is 12.3 Å². The van der Waals surface area contributed by atoms with Gasteiger partial charge in [0.25, 0.3) is 0 Å². The molecule has 2 unspecified atom stereocenters. The summed E-state index contributed by atoms with van der Waals surface area (Å²) in [5.41, 5.74) is 0. The van der Waals surface area contributed by atoms with Gasteiger partial charge in [-0.05, 0) is 83.5 Å². The highest BCUT2D eigenvalue weighted by Crippen LogP contribution is 2.24. The molecule has 1 amide bonds. The molecule has 2 aliphatic heterocycles. The van der Waals surface area contributed by atoms with Crippen molar-refractivity contribution in [2.75, 3.05) is 32.7 Å². The lowest BCUT2D eigenvalue weighted by Crippen LogP contribution is -2.38. The van der Waals surface area contributed by atoms with Crippen molar-refractivity contribution in [2.24, 2.45) is 11.8 Å². The van der Waals surface area contributed by atoms with Crippen molar-refractivity contribution in [3.05, 3.63) is 0 Å². The molecule has 0 aromatic rings. The van der Waals surface area contributed by atoms with Gasteiger partial charge in [-0.1, -0.05) is 13.3 Å². The number of hydrogen-bond acceptors (Lipinski definition) is 3. The quantitative estimate of drug-likeness (QED) is 0.675. The van der Waals surface area contributed by atoms with Crippen LogP contribution in [0, 0.1) is 11.8 Å². The summed E-state index contributed by atoms with van der Waals surface area (Å²) in [6, 6.07) is 0.754. The Morgan fingerprint density at radius 3 is 2.74 bits per heavy atom. The Labute approximate surface area is 142 Å². The maximum absolute atomic E-state index is 12.1. The van der Waals surface area contributed by atoms with Crippen LogP contribution in [0.15, 0.2) is 0 Å². The lowest BCUT2D eigenvalue weighted by atomic mass is 9.84. The SMILES string of the molecule is CC(CC(=O)NCCCCN1CCCCC1C)C1CCNCC1. The number of carbonyl (C=O) groups excluding carboxylic acids is 1. The van der Waals surface area contributed by atoms with E-state index >= 15 is 0 Å². The molecule has 2 rings (SSSR count). The van der Waals surface area contributed by atoms with Crippen molar-refractivity contribution in [2.45, 2.75) is 71.3 Å². The van der Waals surface area contributed by atoms with E-state index in [-0.39, 0.29) is 5.91 Å². The molecule has 4 nitrogen and oxygen atoms in total. The molecule has 0 aromatic carbocycles. The first kappa shape index (κ1) is 18.7. The Balaban J connectivity index is 1.50. The Morgan fingerprint density at radius 2 is 2.00 bits per heavy atom. The number of nitrogens with one attached hydrogen (secondary N) is 2. The molecule has 2 heterocycles. The van der Waals surface area contributed by atoms with Crippen LogP contribution in [-0.4, -0.2) is 49.6 Å². The number of unbranched alkanes of at least 4 members (excludes halogenated alkanes) is 1. The highest BCUT2D eigenvalue weighted by Gasteiger charge is 2.22. The van der Waals surface area contributed by atoms with Gasteiger partial charge in [-0.15, -0.1) is 0 Å². The predicted molar refractivity (Wildman–Crippen MR) is 96.5 cm³/mol. The smallest absolute Gasteiger partial charge is 0.220 e. The lowest BCUT2D eigenvalue weighted by molar-refractivity contribution is -0.122. The van der Waals surface area contributed by atoms with E-state index in [0.717, 1.165) is 38.0 Å². The number of nitrogens with zero attached hydrogens (tertiary/aromatic N) is 1. The summed E-state index contributed by atoms with van der Waals surface area (Å²) in [6.45, 7) is 10.1. The molecule has 0 saturated carbocycles. The Hall–Kier alpha value is -0.610. The Bertz CT molecular complexity index is 342. The number of likely N-dealkylation sites (tertiary alicyclic amines) is 1. The van der Waals surface area contributed by atoms with Crippen molar-refractivity contribution in [3.63, 3.8) is 0 Å². The summed E-state index contributed by atoms with van der Waals surface area (Å²) in [5.74, 6) is 1.50. The first-order valence-electron chi connectivity index (χ1n) is 9.88. The van der Waals surface area contributed by atoms with Gasteiger partial charge in [0.2, 0.25) is 5.91 Å². The van der Waals surface area contributed by atoms with Crippen LogP contribution in [0.4, 0.5) is 0 Å². The maximum atomic E-state index is 12.1. The van der Waals surface area contributed by atoms with E-state index in [1.165, 1.54) is 51.6 Å². The molecular weight excluding hydrogens is 286 g/mol. The molecule has 2 saturated heterocycles. The average Bonchev–Trinajstić information content (AvgIpc) is 2.57. The van der Waals surface area contributed by atoms with Crippen LogP contribution in [0.1, 0.15) is 65.2 Å². The van der Waals surface area contributed by atoms with Crippen LogP contribution < -0.4 is 10.6 Å². The zero-order valence-corrected chi connectivity index (χ0v) is 15.3. The van der Waals surface area contributed by atoms with E-state index in [4.69, 9.17) is 0 Å². The second kappa shape index (κ2) is 10.3. The normalized spacial score (nSPS) is 25.2. The molecular formula is C19H37N3O. The van der Waals surface area contributed by atoms with E-state index in [2.05, 4.69) is 29.4 Å². The van der Waals surface area contributed by atoms with Gasteiger partial charge < -0.3 is 15.5 Å². The zero-order valence-electron chi connectivity index (χ0n) is 15.3. The van der Waals surface area contributed by atoms with Gasteiger partial charge in [-0.3, -0.25) is 4.79 Å². The van der Waals surface area contributed by atoms with Crippen LogP contribution in [0.2, 0.25) is 0 Å². The lowest BCUT2D eigenvalue weighted by Gasteiger charge is -2.33. The minimum atomic E-state index is 0.252. The molecule has 2 aliphatic rings. The van der Waals surface area contributed by atoms with Gasteiger partial charge >= 0.3 is 0 Å². The Morgan fingerprint density at radius 1 is 1.22 bits per heavy atom. The van der Waals surface area contributed by atoms with Crippen molar-refractivity contribution in [3.8, 4) is 0 Å². The molecule has 2 N–H and O–H groups in total. The van der Waals surface area contributed by atoms with Crippen LogP contribution in [0.25, 0.3) is 0 Å². The Kier molecular flexibility index (Phi) is 8.38. The number of amides is 1. The first-order valence-corrected chi connectivity index (χ1v) is 9.88. The third-order valence-electron chi connectivity index (χ3n) is 5.83. The predicted octanol–water partition coefficient (Wildman–Crippen LogP) is 2.78. The molecule has 0 spiro atoms. The second-order valence-electron chi connectivity index (χ2n) is 7.71. The van der Waals surface area contributed by atoms with Crippen LogP contribution in [0.3, 0.4) is 0 Å². The molecule has 0 radical (unpaired) electrons. The molecule has 0 aromatic heterocycles. The van der Waals surface area contributed by atoms with E-state index in [1.54, 1.807) is 0 Å². The zero-order chi connectivity index (χ0) is 16.5. The maximum Gasteiger partial charge on any atom is 0.220 e. The third kappa shape index (κ3) is 6.80. The van der Waals surface area contributed by atoms with Crippen molar-refractivity contribution in [1.82, 2.24) is 15.5 Å². The van der Waals surface area contributed by atoms with Gasteiger partial charge in [0.1, 0.15) is 0 Å². The monoisotopic (exact) mass is 323 g/mol. The van der Waals surface area contributed by atoms with Crippen molar-refractivity contribution >= 4 is 5.91 Å². The van der Waals surface area contributed by atoms with Crippen LogP contribution in [0.5, 0.6) is 0 Å². The topological polar surface area (TPSA) is 44.4 Å². The number of rotatable bonds is 8. The van der Waals surface area contributed by atoms with E-state index in [9.17, 15) is 4.79 Å². The minimum Gasteiger partial charge on any atom is -0.356 e. The van der Waals surface area contributed by atoms with Gasteiger partial charge in [-0.2, -0.15) is 0 Å². The largest absolute Gasteiger partial charge is 0.356 e. The summed E-state index contributed by atoms with van der Waals surface area (Å²) in [4.78, 5) is 14.7. The fourth-order valence-corrected chi connectivity index (χ4v) is 4.10. The van der Waals surface area contributed by atoms with Gasteiger partial charge in [-0.25, -0.2) is 0 Å². The molecule has 0 aliphatic carbocycles. The average molecular weight is 324 g/mol. The number of carbonyl (C=O) groups is 1. The minimum absolute atomic E-state index is 0.252. The fourth-order valence-electron chi connectivity index (χ4n) is 4.10. The highest BCUT2D eigenvalue weighted by atomic mass is 16.1. The van der Waals surface area contributed by atoms with E-state index in [1.807, 2.05) is 0 Å². The molecule has 2 fully saturated rings. The van der Waals surface area contributed by atoms with Gasteiger partial charge in [0, 0.05) is 19.0 Å². The number of hydrogen-bond donors (Lipinski definition) is 2.